The molecular weight excluding hydrogens is 369 g/mol. The molecule has 1 amide bonds. The van der Waals surface area contributed by atoms with Crippen molar-refractivity contribution in [3.63, 3.8) is 0 Å². The third-order valence-electron chi connectivity index (χ3n) is 3.78. The Morgan fingerprint density at radius 2 is 1.93 bits per heavy atom. The molecule has 1 aliphatic heterocycles. The number of thioether (sulfide) groups is 1. The standard InChI is InChI=1S/C19H16FN3O3S/c1-26-15-8-2-12(3-9-15)11-21-23-19-22-18(25)17(27-19)10-16(24)13-4-6-14(20)7-5-13/h2-9,11,17H,10H2,1H3,(H,22,23,25)/b21-11+. The van der Waals surface area contributed by atoms with E-state index in [2.05, 4.69) is 15.5 Å². The average molecular weight is 385 g/mol. The number of Topliss-reactive ketones (excluding diaryl/α,β-unsaturated/α-hetero) is 1. The highest BCUT2D eigenvalue weighted by atomic mass is 32.2. The van der Waals surface area contributed by atoms with Crippen molar-refractivity contribution in [3.05, 3.63) is 65.5 Å². The summed E-state index contributed by atoms with van der Waals surface area (Å²) in [5.41, 5.74) is 1.20. The zero-order chi connectivity index (χ0) is 19.2. The maximum atomic E-state index is 12.9. The molecule has 138 valence electrons. The van der Waals surface area contributed by atoms with Gasteiger partial charge in [-0.15, -0.1) is 5.10 Å². The molecule has 0 aliphatic carbocycles. The first kappa shape index (κ1) is 18.8. The van der Waals surface area contributed by atoms with E-state index >= 15 is 0 Å². The third kappa shape index (κ3) is 5.01. The first-order valence-electron chi connectivity index (χ1n) is 8.06. The van der Waals surface area contributed by atoms with Gasteiger partial charge in [-0.25, -0.2) is 4.39 Å². The van der Waals surface area contributed by atoms with Crippen LogP contribution in [0.3, 0.4) is 0 Å². The number of nitrogens with zero attached hydrogens (tertiary/aromatic N) is 2. The van der Waals surface area contributed by atoms with E-state index < -0.39 is 11.1 Å². The van der Waals surface area contributed by atoms with Gasteiger partial charge in [-0.05, 0) is 54.1 Å². The Bertz CT molecular complexity index is 895. The Labute approximate surface area is 159 Å². The molecule has 1 N–H and O–H groups in total. The van der Waals surface area contributed by atoms with Crippen molar-refractivity contribution < 1.29 is 18.7 Å². The molecule has 1 atom stereocenters. The maximum absolute atomic E-state index is 12.9. The molecule has 3 rings (SSSR count). The van der Waals surface area contributed by atoms with Gasteiger partial charge < -0.3 is 10.1 Å². The summed E-state index contributed by atoms with van der Waals surface area (Å²) in [7, 11) is 1.59. The van der Waals surface area contributed by atoms with Crippen molar-refractivity contribution in [3.8, 4) is 5.75 Å². The second-order valence-electron chi connectivity index (χ2n) is 5.65. The molecule has 0 spiro atoms. The average Bonchev–Trinajstić information content (AvgIpc) is 3.02. The normalized spacial score (nSPS) is 18.1. The second kappa shape index (κ2) is 8.59. The summed E-state index contributed by atoms with van der Waals surface area (Å²) in [5, 5.41) is 10.3. The van der Waals surface area contributed by atoms with Crippen molar-refractivity contribution in [1.82, 2.24) is 5.32 Å². The molecule has 0 radical (unpaired) electrons. The summed E-state index contributed by atoms with van der Waals surface area (Å²) in [5.74, 6) is -0.200. The van der Waals surface area contributed by atoms with Crippen LogP contribution in [0.2, 0.25) is 0 Å². The Morgan fingerprint density at radius 3 is 2.59 bits per heavy atom. The van der Waals surface area contributed by atoms with Crippen LogP contribution in [-0.2, 0) is 4.79 Å². The van der Waals surface area contributed by atoms with Crippen LogP contribution in [0, 0.1) is 5.82 Å². The highest BCUT2D eigenvalue weighted by Gasteiger charge is 2.32. The molecule has 2 aromatic carbocycles. The molecule has 0 aromatic heterocycles. The van der Waals surface area contributed by atoms with Gasteiger partial charge in [0.1, 0.15) is 11.6 Å². The molecule has 8 heteroatoms. The molecule has 2 aromatic rings. The minimum Gasteiger partial charge on any atom is -0.497 e. The van der Waals surface area contributed by atoms with Gasteiger partial charge in [0.05, 0.1) is 18.6 Å². The fraction of sp³-hybridized carbons (Fsp3) is 0.158. The monoisotopic (exact) mass is 385 g/mol. The zero-order valence-corrected chi connectivity index (χ0v) is 15.2. The molecule has 1 aliphatic rings. The van der Waals surface area contributed by atoms with E-state index in [1.165, 1.54) is 24.3 Å². The van der Waals surface area contributed by atoms with E-state index in [-0.39, 0.29) is 18.1 Å². The van der Waals surface area contributed by atoms with Gasteiger partial charge in [0, 0.05) is 12.0 Å². The predicted molar refractivity (Wildman–Crippen MR) is 103 cm³/mol. The third-order valence-corrected chi connectivity index (χ3v) is 4.86. The van der Waals surface area contributed by atoms with Gasteiger partial charge in [-0.2, -0.15) is 5.10 Å². The lowest BCUT2D eigenvalue weighted by Crippen LogP contribution is -2.26. The summed E-state index contributed by atoms with van der Waals surface area (Å²) in [6.45, 7) is 0. The number of hydrogen-bond donors (Lipinski definition) is 1. The van der Waals surface area contributed by atoms with Gasteiger partial charge in [0.2, 0.25) is 5.91 Å². The highest BCUT2D eigenvalue weighted by molar-refractivity contribution is 8.15. The van der Waals surface area contributed by atoms with Gasteiger partial charge in [0.25, 0.3) is 0 Å². The molecule has 0 bridgehead atoms. The van der Waals surface area contributed by atoms with E-state index in [1.807, 2.05) is 12.1 Å². The molecule has 1 heterocycles. The van der Waals surface area contributed by atoms with Crippen LogP contribution in [0.25, 0.3) is 0 Å². The van der Waals surface area contributed by atoms with Crippen molar-refractivity contribution in [2.75, 3.05) is 7.11 Å². The van der Waals surface area contributed by atoms with Crippen molar-refractivity contribution >= 4 is 34.8 Å². The molecule has 1 saturated heterocycles. The van der Waals surface area contributed by atoms with Crippen LogP contribution in [0.5, 0.6) is 5.75 Å². The number of amides is 1. The van der Waals surface area contributed by atoms with Gasteiger partial charge >= 0.3 is 0 Å². The lowest BCUT2D eigenvalue weighted by Gasteiger charge is -2.04. The highest BCUT2D eigenvalue weighted by Crippen LogP contribution is 2.24. The van der Waals surface area contributed by atoms with Crippen molar-refractivity contribution in [2.24, 2.45) is 10.2 Å². The van der Waals surface area contributed by atoms with Gasteiger partial charge in [0.15, 0.2) is 11.0 Å². The van der Waals surface area contributed by atoms with Crippen LogP contribution >= 0.6 is 11.8 Å². The topological polar surface area (TPSA) is 80.1 Å². The summed E-state index contributed by atoms with van der Waals surface area (Å²) >= 11 is 1.15. The predicted octanol–water partition coefficient (Wildman–Crippen LogP) is 3.03. The Hall–Kier alpha value is -3.00. The van der Waals surface area contributed by atoms with Crippen LogP contribution < -0.4 is 10.1 Å². The molecule has 0 saturated carbocycles. The summed E-state index contributed by atoms with van der Waals surface area (Å²) in [4.78, 5) is 24.2. The number of ether oxygens (including phenoxy) is 1. The van der Waals surface area contributed by atoms with Crippen LogP contribution in [0.1, 0.15) is 22.3 Å². The lowest BCUT2D eigenvalue weighted by atomic mass is 10.1. The smallest absolute Gasteiger partial charge is 0.240 e. The number of halogens is 1. The first-order chi connectivity index (χ1) is 13.0. The Morgan fingerprint density at radius 1 is 1.22 bits per heavy atom. The van der Waals surface area contributed by atoms with Gasteiger partial charge in [-0.1, -0.05) is 11.8 Å². The lowest BCUT2D eigenvalue weighted by molar-refractivity contribution is -0.118. The quantitative estimate of drug-likeness (QED) is 0.471. The number of methoxy groups -OCH3 is 1. The minimum atomic E-state index is -0.586. The molecule has 1 fully saturated rings. The van der Waals surface area contributed by atoms with E-state index in [4.69, 9.17) is 4.74 Å². The largest absolute Gasteiger partial charge is 0.497 e. The molecule has 27 heavy (non-hydrogen) atoms. The zero-order valence-electron chi connectivity index (χ0n) is 14.4. The van der Waals surface area contributed by atoms with Crippen molar-refractivity contribution in [2.45, 2.75) is 11.7 Å². The number of carbonyl (C=O) groups excluding carboxylic acids is 2. The fourth-order valence-corrected chi connectivity index (χ4v) is 3.27. The van der Waals surface area contributed by atoms with E-state index in [9.17, 15) is 14.0 Å². The van der Waals surface area contributed by atoms with Crippen molar-refractivity contribution in [1.29, 1.82) is 0 Å². The number of hydrogen-bond acceptors (Lipinski definition) is 6. The SMILES string of the molecule is COc1ccc(/C=N/N=C2\NC(=O)C(CC(=O)c3ccc(F)cc3)S2)cc1. The Kier molecular flexibility index (Phi) is 5.97. The summed E-state index contributed by atoms with van der Waals surface area (Å²) in [6, 6.07) is 12.5. The maximum Gasteiger partial charge on any atom is 0.240 e. The Balaban J connectivity index is 1.59. The minimum absolute atomic E-state index is 0.00332. The second-order valence-corrected chi connectivity index (χ2v) is 6.84. The van der Waals surface area contributed by atoms with E-state index in [0.29, 0.717) is 10.7 Å². The molecule has 1 unspecified atom stereocenters. The number of ketones is 1. The number of amidine groups is 1. The van der Waals surface area contributed by atoms with E-state index in [1.54, 1.807) is 25.5 Å². The molecular formula is C19H16FN3O3S. The first-order valence-corrected chi connectivity index (χ1v) is 8.94. The summed E-state index contributed by atoms with van der Waals surface area (Å²) in [6.07, 6.45) is 1.56. The molecule has 6 nitrogen and oxygen atoms in total. The van der Waals surface area contributed by atoms with Crippen LogP contribution in [0.15, 0.2) is 58.7 Å². The summed E-state index contributed by atoms with van der Waals surface area (Å²) < 4.78 is 18.0. The number of benzene rings is 2. The van der Waals surface area contributed by atoms with E-state index in [0.717, 1.165) is 23.1 Å². The number of carbonyl (C=O) groups is 2. The van der Waals surface area contributed by atoms with Gasteiger partial charge in [-0.3, -0.25) is 9.59 Å². The fourth-order valence-electron chi connectivity index (χ4n) is 2.35. The number of rotatable bonds is 6. The van der Waals surface area contributed by atoms with Crippen LogP contribution in [0.4, 0.5) is 4.39 Å². The van der Waals surface area contributed by atoms with Crippen LogP contribution in [-0.4, -0.2) is 35.4 Å². The number of nitrogens with one attached hydrogen (secondary N) is 1.